The Bertz CT molecular complexity index is 1070. The summed E-state index contributed by atoms with van der Waals surface area (Å²) in [5.41, 5.74) is 0.0824. The van der Waals surface area contributed by atoms with Gasteiger partial charge in [-0.25, -0.2) is 0 Å². The molecule has 4 rings (SSSR count). The number of pyridine rings is 1. The minimum Gasteiger partial charge on any atom is -0.480 e. The van der Waals surface area contributed by atoms with E-state index in [0.717, 1.165) is 16.6 Å². The second-order valence-corrected chi connectivity index (χ2v) is 9.20. The predicted molar refractivity (Wildman–Crippen MR) is 115 cm³/mol. The quantitative estimate of drug-likeness (QED) is 0.487. The molecule has 1 fully saturated rings. The molecule has 0 N–H and O–H groups in total. The fourth-order valence-corrected chi connectivity index (χ4v) is 4.13. The number of alkyl halides is 3. The molecule has 1 unspecified atom stereocenters. The molecule has 176 valence electrons. The van der Waals surface area contributed by atoms with Gasteiger partial charge in [0.25, 0.3) is 0 Å². The third-order valence-corrected chi connectivity index (χ3v) is 6.62. The van der Waals surface area contributed by atoms with E-state index in [9.17, 15) is 18.0 Å². The van der Waals surface area contributed by atoms with Gasteiger partial charge in [-0.05, 0) is 63.2 Å². The lowest BCUT2D eigenvalue weighted by Gasteiger charge is -2.32. The molecule has 2 aromatic rings. The first kappa shape index (κ1) is 23.6. The molecule has 0 radical (unpaired) electrons. The standard InChI is InChI=1S/C23H25BF3NO5/c1-21(2)22(3,4)33-24(32-21)17-8-6-7-15-14(17)9-10-18(15)31-20-16(23(25,26)27)11-13(12-29)19(28-20)30-5/h6-8,11-12,18H,9-10H2,1-5H3. The molecule has 1 aromatic carbocycles. The summed E-state index contributed by atoms with van der Waals surface area (Å²) >= 11 is 0. The average molecular weight is 463 g/mol. The minimum atomic E-state index is -4.75. The molecular formula is C23H25BF3NO5. The van der Waals surface area contributed by atoms with E-state index in [2.05, 4.69) is 4.98 Å². The third-order valence-electron chi connectivity index (χ3n) is 6.62. The zero-order valence-corrected chi connectivity index (χ0v) is 19.1. The number of carbonyl (C=O) groups is 1. The highest BCUT2D eigenvalue weighted by molar-refractivity contribution is 6.62. The molecule has 6 nitrogen and oxygen atoms in total. The van der Waals surface area contributed by atoms with Gasteiger partial charge in [-0.3, -0.25) is 4.79 Å². The number of nitrogens with zero attached hydrogens (tertiary/aromatic N) is 1. The number of halogens is 3. The van der Waals surface area contributed by atoms with Crippen molar-refractivity contribution in [2.75, 3.05) is 7.11 Å². The van der Waals surface area contributed by atoms with Gasteiger partial charge in [0.15, 0.2) is 6.29 Å². The summed E-state index contributed by atoms with van der Waals surface area (Å²) in [5, 5.41) is 0. The van der Waals surface area contributed by atoms with Crippen LogP contribution in [0.15, 0.2) is 24.3 Å². The number of hydrogen-bond acceptors (Lipinski definition) is 6. The lowest BCUT2D eigenvalue weighted by atomic mass is 9.75. The van der Waals surface area contributed by atoms with E-state index >= 15 is 0 Å². The first-order chi connectivity index (χ1) is 15.4. The maximum absolute atomic E-state index is 13.7. The summed E-state index contributed by atoms with van der Waals surface area (Å²) in [7, 11) is 0.646. The normalized spacial score (nSPS) is 21.1. The molecule has 2 aliphatic rings. The van der Waals surface area contributed by atoms with Crippen molar-refractivity contribution in [1.29, 1.82) is 0 Å². The van der Waals surface area contributed by atoms with Crippen LogP contribution in [0.2, 0.25) is 0 Å². The van der Waals surface area contributed by atoms with Crippen LogP contribution in [-0.2, 0) is 21.9 Å². The number of rotatable bonds is 5. The van der Waals surface area contributed by atoms with Gasteiger partial charge in [-0.1, -0.05) is 18.2 Å². The first-order valence-corrected chi connectivity index (χ1v) is 10.6. The molecule has 1 aliphatic heterocycles. The fourth-order valence-electron chi connectivity index (χ4n) is 4.13. The molecular weight excluding hydrogens is 438 g/mol. The van der Waals surface area contributed by atoms with Crippen LogP contribution in [0.25, 0.3) is 0 Å². The zero-order chi connectivity index (χ0) is 24.2. The Morgan fingerprint density at radius 1 is 1.15 bits per heavy atom. The molecule has 1 aliphatic carbocycles. The van der Waals surface area contributed by atoms with E-state index < -0.39 is 42.0 Å². The maximum Gasteiger partial charge on any atom is 0.495 e. The van der Waals surface area contributed by atoms with Crippen molar-refractivity contribution < 1.29 is 36.7 Å². The summed E-state index contributed by atoms with van der Waals surface area (Å²) in [6, 6.07) is 6.25. The molecule has 1 atom stereocenters. The van der Waals surface area contributed by atoms with Gasteiger partial charge >= 0.3 is 13.3 Å². The van der Waals surface area contributed by atoms with Crippen LogP contribution < -0.4 is 14.9 Å². The predicted octanol–water partition coefficient (Wildman–Crippen LogP) is 4.29. The maximum atomic E-state index is 13.7. The van der Waals surface area contributed by atoms with Crippen LogP contribution in [-0.4, -0.2) is 36.7 Å². The van der Waals surface area contributed by atoms with E-state index in [1.807, 2.05) is 45.9 Å². The number of fused-ring (bicyclic) bond motifs is 1. The molecule has 2 heterocycles. The van der Waals surface area contributed by atoms with Crippen LogP contribution in [0.3, 0.4) is 0 Å². The number of carbonyl (C=O) groups excluding carboxylic acids is 1. The van der Waals surface area contributed by atoms with Crippen molar-refractivity contribution in [2.45, 2.75) is 64.0 Å². The van der Waals surface area contributed by atoms with Gasteiger partial charge in [-0.15, -0.1) is 0 Å². The van der Waals surface area contributed by atoms with Crippen molar-refractivity contribution in [3.05, 3.63) is 46.5 Å². The van der Waals surface area contributed by atoms with Crippen LogP contribution in [0.4, 0.5) is 13.2 Å². The topological polar surface area (TPSA) is 66.9 Å². The zero-order valence-electron chi connectivity index (χ0n) is 19.1. The SMILES string of the molecule is COc1nc(OC2CCc3c(B4OC(C)(C)C(C)(C)O4)cccc32)c(C(F)(F)F)cc1C=O. The van der Waals surface area contributed by atoms with Gasteiger partial charge in [-0.2, -0.15) is 18.2 Å². The molecule has 10 heteroatoms. The van der Waals surface area contributed by atoms with E-state index in [0.29, 0.717) is 18.9 Å². The van der Waals surface area contributed by atoms with Crippen molar-refractivity contribution >= 4 is 18.9 Å². The number of ether oxygens (including phenoxy) is 2. The van der Waals surface area contributed by atoms with Gasteiger partial charge in [0.2, 0.25) is 11.8 Å². The van der Waals surface area contributed by atoms with E-state index in [4.69, 9.17) is 18.8 Å². The van der Waals surface area contributed by atoms with Crippen molar-refractivity contribution in [2.24, 2.45) is 0 Å². The van der Waals surface area contributed by atoms with Crippen LogP contribution in [0.1, 0.15) is 67.3 Å². The number of methoxy groups -OCH3 is 1. The average Bonchev–Trinajstić information content (AvgIpc) is 3.23. The highest BCUT2D eigenvalue weighted by atomic mass is 19.4. The molecule has 0 bridgehead atoms. The minimum absolute atomic E-state index is 0.225. The van der Waals surface area contributed by atoms with Crippen molar-refractivity contribution in [3.8, 4) is 11.8 Å². The van der Waals surface area contributed by atoms with Gasteiger partial charge < -0.3 is 18.8 Å². The lowest BCUT2D eigenvalue weighted by Crippen LogP contribution is -2.41. The molecule has 1 aromatic heterocycles. The van der Waals surface area contributed by atoms with Crippen molar-refractivity contribution in [3.63, 3.8) is 0 Å². The largest absolute Gasteiger partial charge is 0.495 e. The Labute approximate surface area is 190 Å². The van der Waals surface area contributed by atoms with Crippen molar-refractivity contribution in [1.82, 2.24) is 4.98 Å². The van der Waals surface area contributed by atoms with E-state index in [-0.39, 0.29) is 17.7 Å². The lowest BCUT2D eigenvalue weighted by molar-refractivity contribution is -0.139. The summed E-state index contributed by atoms with van der Waals surface area (Å²) in [6.45, 7) is 7.84. The second-order valence-electron chi connectivity index (χ2n) is 9.20. The van der Waals surface area contributed by atoms with Gasteiger partial charge in [0.1, 0.15) is 11.7 Å². The highest BCUT2D eigenvalue weighted by Crippen LogP contribution is 2.42. The molecule has 33 heavy (non-hydrogen) atoms. The smallest absolute Gasteiger partial charge is 0.480 e. The molecule has 0 saturated carbocycles. The van der Waals surface area contributed by atoms with E-state index in [1.54, 1.807) is 0 Å². The number of aldehydes is 1. The molecule has 1 saturated heterocycles. The Morgan fingerprint density at radius 3 is 2.39 bits per heavy atom. The number of aromatic nitrogens is 1. The number of benzene rings is 1. The van der Waals surface area contributed by atoms with Gasteiger partial charge in [0, 0.05) is 0 Å². The second kappa shape index (κ2) is 8.02. The van der Waals surface area contributed by atoms with Crippen LogP contribution in [0.5, 0.6) is 11.8 Å². The molecule has 0 amide bonds. The Kier molecular flexibility index (Phi) is 5.73. The Balaban J connectivity index is 1.69. The summed E-state index contributed by atoms with van der Waals surface area (Å²) in [5.74, 6) is -0.846. The van der Waals surface area contributed by atoms with E-state index in [1.165, 1.54) is 7.11 Å². The third kappa shape index (κ3) is 4.10. The van der Waals surface area contributed by atoms with Crippen LogP contribution in [0, 0.1) is 0 Å². The number of hydrogen-bond donors (Lipinski definition) is 0. The summed E-state index contributed by atoms with van der Waals surface area (Å²) in [4.78, 5) is 15.0. The fraction of sp³-hybridized carbons (Fsp3) is 0.478. The summed E-state index contributed by atoms with van der Waals surface area (Å²) in [6.07, 6.45) is -4.08. The summed E-state index contributed by atoms with van der Waals surface area (Å²) < 4.78 is 64.1. The Morgan fingerprint density at radius 2 is 1.82 bits per heavy atom. The van der Waals surface area contributed by atoms with Crippen LogP contribution >= 0.6 is 0 Å². The first-order valence-electron chi connectivity index (χ1n) is 10.6. The monoisotopic (exact) mass is 463 g/mol. The highest BCUT2D eigenvalue weighted by Gasteiger charge is 2.52. The van der Waals surface area contributed by atoms with Gasteiger partial charge in [0.05, 0.1) is 23.9 Å². The molecule has 0 spiro atoms. The Hall–Kier alpha value is -2.59.